The van der Waals surface area contributed by atoms with E-state index in [1.807, 2.05) is 0 Å². The van der Waals surface area contributed by atoms with Gasteiger partial charge in [0.15, 0.2) is 0 Å². The van der Waals surface area contributed by atoms with Crippen molar-refractivity contribution in [2.24, 2.45) is 0 Å². The molecule has 1 saturated carbocycles. The molecule has 0 spiro atoms. The van der Waals surface area contributed by atoms with Gasteiger partial charge in [0.2, 0.25) is 0 Å². The van der Waals surface area contributed by atoms with E-state index < -0.39 is 5.97 Å². The van der Waals surface area contributed by atoms with Gasteiger partial charge in [-0.25, -0.2) is 4.98 Å². The number of carboxylic acid groups (broad SMARTS) is 1. The number of aliphatic carboxylic acids is 1. The lowest BCUT2D eigenvalue weighted by molar-refractivity contribution is -0.138. The van der Waals surface area contributed by atoms with Gasteiger partial charge in [0.1, 0.15) is 11.7 Å². The van der Waals surface area contributed by atoms with Gasteiger partial charge in [-0.3, -0.25) is 9.59 Å². The highest BCUT2D eigenvalue weighted by Gasteiger charge is 2.29. The minimum Gasteiger partial charge on any atom is -0.480 e. The van der Waals surface area contributed by atoms with Crippen LogP contribution in [0.5, 0.6) is 0 Å². The fraction of sp³-hybridized carbons (Fsp3) is 0.462. The van der Waals surface area contributed by atoms with Crippen LogP contribution in [0.3, 0.4) is 0 Å². The molecule has 2 rings (SSSR count). The molecular weight excluding hydrogens is 268 g/mol. The number of hydrogen-bond acceptors (Lipinski definition) is 3. The van der Waals surface area contributed by atoms with Gasteiger partial charge in [0.05, 0.1) is 0 Å². The van der Waals surface area contributed by atoms with Crippen LogP contribution in [0.25, 0.3) is 0 Å². The van der Waals surface area contributed by atoms with E-state index >= 15 is 0 Å². The maximum atomic E-state index is 12.4. The van der Waals surface area contributed by atoms with Crippen molar-refractivity contribution in [3.63, 3.8) is 0 Å². The zero-order valence-electron chi connectivity index (χ0n) is 10.4. The third-order valence-corrected chi connectivity index (χ3v) is 3.51. The molecule has 0 aromatic carbocycles. The van der Waals surface area contributed by atoms with Crippen molar-refractivity contribution >= 4 is 23.5 Å². The van der Waals surface area contributed by atoms with Crippen LogP contribution < -0.4 is 0 Å². The van der Waals surface area contributed by atoms with E-state index in [1.165, 1.54) is 17.2 Å². The summed E-state index contributed by atoms with van der Waals surface area (Å²) in [6.07, 6.45) is 5.23. The van der Waals surface area contributed by atoms with Gasteiger partial charge in [-0.1, -0.05) is 24.4 Å². The van der Waals surface area contributed by atoms with E-state index in [9.17, 15) is 9.59 Å². The van der Waals surface area contributed by atoms with Gasteiger partial charge >= 0.3 is 5.97 Å². The van der Waals surface area contributed by atoms with Crippen LogP contribution in [0.2, 0.25) is 5.15 Å². The van der Waals surface area contributed by atoms with E-state index in [1.54, 1.807) is 6.07 Å². The fourth-order valence-corrected chi connectivity index (χ4v) is 2.60. The number of rotatable bonds is 4. The van der Waals surface area contributed by atoms with Gasteiger partial charge in [0, 0.05) is 17.8 Å². The SMILES string of the molecule is O=C(O)CN(C(=O)c1ccnc(Cl)c1)C1CCCC1. The van der Waals surface area contributed by atoms with E-state index in [-0.39, 0.29) is 23.6 Å². The minimum absolute atomic E-state index is 0.00976. The number of carbonyl (C=O) groups excluding carboxylic acids is 1. The lowest BCUT2D eigenvalue weighted by atomic mass is 10.1. The van der Waals surface area contributed by atoms with E-state index in [0.29, 0.717) is 5.56 Å². The Kier molecular flexibility index (Phi) is 4.37. The third kappa shape index (κ3) is 3.44. The van der Waals surface area contributed by atoms with E-state index in [2.05, 4.69) is 4.98 Å². The van der Waals surface area contributed by atoms with Crippen LogP contribution in [-0.4, -0.2) is 39.5 Å². The topological polar surface area (TPSA) is 70.5 Å². The number of halogens is 1. The number of carboxylic acids is 1. The molecule has 0 radical (unpaired) electrons. The predicted molar refractivity (Wildman–Crippen MR) is 70.2 cm³/mol. The molecule has 1 aromatic heterocycles. The first-order valence-electron chi connectivity index (χ1n) is 6.22. The largest absolute Gasteiger partial charge is 0.480 e. The standard InChI is InChI=1S/C13H15ClN2O3/c14-11-7-9(5-6-15-11)13(19)16(8-12(17)18)10-3-1-2-4-10/h5-7,10H,1-4,8H2,(H,17,18). The van der Waals surface area contributed by atoms with Crippen LogP contribution in [0.15, 0.2) is 18.3 Å². The Balaban J connectivity index is 2.21. The zero-order chi connectivity index (χ0) is 13.8. The van der Waals surface area contributed by atoms with Gasteiger partial charge in [-0.2, -0.15) is 0 Å². The number of pyridine rings is 1. The van der Waals surface area contributed by atoms with Crippen molar-refractivity contribution in [2.75, 3.05) is 6.54 Å². The molecule has 1 N–H and O–H groups in total. The fourth-order valence-electron chi connectivity index (χ4n) is 2.43. The highest BCUT2D eigenvalue weighted by molar-refractivity contribution is 6.29. The Labute approximate surface area is 116 Å². The molecule has 0 atom stereocenters. The summed E-state index contributed by atoms with van der Waals surface area (Å²) in [5.74, 6) is -1.29. The van der Waals surface area contributed by atoms with Gasteiger partial charge in [-0.15, -0.1) is 0 Å². The average molecular weight is 283 g/mol. The summed E-state index contributed by atoms with van der Waals surface area (Å²) in [7, 11) is 0. The molecule has 0 bridgehead atoms. The molecule has 1 aliphatic carbocycles. The average Bonchev–Trinajstić information content (AvgIpc) is 2.88. The van der Waals surface area contributed by atoms with Crippen molar-refractivity contribution in [1.29, 1.82) is 0 Å². The summed E-state index contributed by atoms with van der Waals surface area (Å²) >= 11 is 5.76. The van der Waals surface area contributed by atoms with Crippen LogP contribution in [0.4, 0.5) is 0 Å². The molecule has 1 amide bonds. The molecule has 19 heavy (non-hydrogen) atoms. The molecule has 1 aliphatic rings. The smallest absolute Gasteiger partial charge is 0.323 e. The molecular formula is C13H15ClN2O3. The number of carbonyl (C=O) groups is 2. The van der Waals surface area contributed by atoms with Crippen LogP contribution in [0, 0.1) is 0 Å². The maximum absolute atomic E-state index is 12.4. The summed E-state index contributed by atoms with van der Waals surface area (Å²) in [5.41, 5.74) is 0.383. The van der Waals surface area contributed by atoms with Crippen molar-refractivity contribution in [3.8, 4) is 0 Å². The summed E-state index contributed by atoms with van der Waals surface area (Å²) in [6, 6.07) is 3.03. The van der Waals surface area contributed by atoms with Crippen molar-refractivity contribution in [3.05, 3.63) is 29.0 Å². The first-order chi connectivity index (χ1) is 9.08. The Bertz CT molecular complexity index is 487. The summed E-state index contributed by atoms with van der Waals surface area (Å²) in [4.78, 5) is 28.6. The van der Waals surface area contributed by atoms with Crippen LogP contribution >= 0.6 is 11.6 Å². The lowest BCUT2D eigenvalue weighted by Crippen LogP contribution is -2.42. The molecule has 1 fully saturated rings. The predicted octanol–water partition coefficient (Wildman–Crippen LogP) is 2.20. The molecule has 1 aromatic rings. The Morgan fingerprint density at radius 2 is 2.11 bits per heavy atom. The molecule has 0 unspecified atom stereocenters. The Morgan fingerprint density at radius 3 is 2.68 bits per heavy atom. The van der Waals surface area contributed by atoms with Crippen molar-refractivity contribution < 1.29 is 14.7 Å². The number of hydrogen-bond donors (Lipinski definition) is 1. The molecule has 102 valence electrons. The van der Waals surface area contributed by atoms with Crippen molar-refractivity contribution in [1.82, 2.24) is 9.88 Å². The van der Waals surface area contributed by atoms with Gasteiger partial charge < -0.3 is 10.0 Å². The lowest BCUT2D eigenvalue weighted by Gasteiger charge is -2.27. The quantitative estimate of drug-likeness (QED) is 0.860. The summed E-state index contributed by atoms with van der Waals surface area (Å²) in [6.45, 7) is -0.274. The maximum Gasteiger partial charge on any atom is 0.323 e. The van der Waals surface area contributed by atoms with E-state index in [0.717, 1.165) is 25.7 Å². The van der Waals surface area contributed by atoms with Gasteiger partial charge in [0.25, 0.3) is 5.91 Å². The molecule has 0 aliphatic heterocycles. The van der Waals surface area contributed by atoms with E-state index in [4.69, 9.17) is 16.7 Å². The second-order valence-electron chi connectivity index (χ2n) is 4.63. The van der Waals surface area contributed by atoms with Gasteiger partial charge in [-0.05, 0) is 25.0 Å². The summed E-state index contributed by atoms with van der Waals surface area (Å²) < 4.78 is 0. The number of amides is 1. The molecule has 0 saturated heterocycles. The Morgan fingerprint density at radius 1 is 1.42 bits per heavy atom. The second kappa shape index (κ2) is 6.02. The molecule has 6 heteroatoms. The van der Waals surface area contributed by atoms with Crippen LogP contribution in [0.1, 0.15) is 36.0 Å². The first-order valence-corrected chi connectivity index (χ1v) is 6.60. The monoisotopic (exact) mass is 282 g/mol. The third-order valence-electron chi connectivity index (χ3n) is 3.31. The zero-order valence-corrected chi connectivity index (χ0v) is 11.1. The molecule has 1 heterocycles. The highest BCUT2D eigenvalue weighted by atomic mass is 35.5. The summed E-state index contributed by atoms with van der Waals surface area (Å²) in [5, 5.41) is 9.19. The van der Waals surface area contributed by atoms with Crippen molar-refractivity contribution in [2.45, 2.75) is 31.7 Å². The first kappa shape index (κ1) is 13.8. The molecule has 5 nitrogen and oxygen atoms in total. The van der Waals surface area contributed by atoms with Crippen LogP contribution in [-0.2, 0) is 4.79 Å². The minimum atomic E-state index is -1.000. The number of nitrogens with zero attached hydrogens (tertiary/aromatic N) is 2. The number of aromatic nitrogens is 1. The normalized spacial score (nSPS) is 15.4. The Hall–Kier alpha value is -1.62. The second-order valence-corrected chi connectivity index (χ2v) is 5.02. The highest BCUT2D eigenvalue weighted by Crippen LogP contribution is 2.25.